The van der Waals surface area contributed by atoms with E-state index >= 15 is 0 Å². The molecule has 1 aromatic carbocycles. The van der Waals surface area contributed by atoms with Crippen molar-refractivity contribution >= 4 is 0 Å². The van der Waals surface area contributed by atoms with Gasteiger partial charge in [0.05, 0.1) is 6.61 Å². The first-order valence-corrected chi connectivity index (χ1v) is 4.76. The van der Waals surface area contributed by atoms with Crippen LogP contribution in [0.4, 0.5) is 0 Å². The molecule has 3 nitrogen and oxygen atoms in total. The lowest BCUT2D eigenvalue weighted by molar-refractivity contribution is -0.0148. The number of methoxy groups -OCH3 is 1. The number of benzene rings is 1. The van der Waals surface area contributed by atoms with Crippen LogP contribution >= 0.6 is 0 Å². The third-order valence-corrected chi connectivity index (χ3v) is 2.61. The Morgan fingerprint density at radius 3 is 2.86 bits per heavy atom. The molecule has 0 unspecified atom stereocenters. The van der Waals surface area contributed by atoms with E-state index in [1.54, 1.807) is 7.11 Å². The average molecular weight is 193 g/mol. The van der Waals surface area contributed by atoms with E-state index in [0.29, 0.717) is 19.7 Å². The summed E-state index contributed by atoms with van der Waals surface area (Å²) in [6.45, 7) is 1.88. The molecule has 1 aliphatic rings. The molecule has 76 valence electrons. The van der Waals surface area contributed by atoms with Crippen molar-refractivity contribution in [1.29, 1.82) is 0 Å². The smallest absolute Gasteiger partial charge is 0.114 e. The number of ether oxygens (including phenoxy) is 1. The quantitative estimate of drug-likeness (QED) is 0.739. The van der Waals surface area contributed by atoms with Gasteiger partial charge in [0.1, 0.15) is 5.60 Å². The minimum Gasteiger partial charge on any atom is -0.382 e. The number of aliphatic hydroxyl groups is 1. The van der Waals surface area contributed by atoms with Gasteiger partial charge in [0, 0.05) is 20.2 Å². The van der Waals surface area contributed by atoms with Crippen molar-refractivity contribution in [2.75, 3.05) is 20.2 Å². The Balaban J connectivity index is 2.21. The molecule has 1 aromatic rings. The van der Waals surface area contributed by atoms with E-state index in [4.69, 9.17) is 4.74 Å². The molecular formula is C11H15NO2. The van der Waals surface area contributed by atoms with E-state index in [2.05, 4.69) is 5.32 Å². The second kappa shape index (κ2) is 3.69. The second-order valence-electron chi connectivity index (χ2n) is 3.77. The predicted octanol–water partition coefficient (Wildman–Crippen LogP) is 0.624. The molecule has 2 N–H and O–H groups in total. The molecule has 0 aliphatic carbocycles. The van der Waals surface area contributed by atoms with Gasteiger partial charge >= 0.3 is 0 Å². The summed E-state index contributed by atoms with van der Waals surface area (Å²) in [4.78, 5) is 0. The largest absolute Gasteiger partial charge is 0.382 e. The summed E-state index contributed by atoms with van der Waals surface area (Å²) >= 11 is 0. The number of hydrogen-bond donors (Lipinski definition) is 2. The van der Waals surface area contributed by atoms with Crippen LogP contribution in [0.15, 0.2) is 24.3 Å². The molecule has 0 amide bonds. The van der Waals surface area contributed by atoms with E-state index in [9.17, 15) is 5.11 Å². The van der Waals surface area contributed by atoms with Gasteiger partial charge in [0.25, 0.3) is 0 Å². The lowest BCUT2D eigenvalue weighted by Crippen LogP contribution is -2.56. The van der Waals surface area contributed by atoms with Crippen LogP contribution in [0.5, 0.6) is 0 Å². The van der Waals surface area contributed by atoms with Crippen LogP contribution < -0.4 is 5.32 Å². The average Bonchev–Trinajstić information content (AvgIpc) is 2.15. The van der Waals surface area contributed by atoms with Gasteiger partial charge in [0.15, 0.2) is 0 Å². The standard InChI is InChI=1S/C11H15NO2/c1-14-6-9-3-2-4-10(5-9)11(13)7-12-8-11/h2-5,12-13H,6-8H2,1H3. The van der Waals surface area contributed by atoms with Gasteiger partial charge in [-0.05, 0) is 11.1 Å². The Morgan fingerprint density at radius 2 is 2.29 bits per heavy atom. The molecule has 0 spiro atoms. The summed E-state index contributed by atoms with van der Waals surface area (Å²) in [7, 11) is 1.67. The number of rotatable bonds is 3. The van der Waals surface area contributed by atoms with Crippen LogP contribution in [0, 0.1) is 0 Å². The van der Waals surface area contributed by atoms with Crippen molar-refractivity contribution in [2.45, 2.75) is 12.2 Å². The summed E-state index contributed by atoms with van der Waals surface area (Å²) in [5.41, 5.74) is 1.42. The Morgan fingerprint density at radius 1 is 1.50 bits per heavy atom. The first-order valence-electron chi connectivity index (χ1n) is 4.76. The lowest BCUT2D eigenvalue weighted by atomic mass is 9.87. The van der Waals surface area contributed by atoms with Crippen molar-refractivity contribution in [2.24, 2.45) is 0 Å². The highest BCUT2D eigenvalue weighted by atomic mass is 16.5. The van der Waals surface area contributed by atoms with E-state index < -0.39 is 5.60 Å². The van der Waals surface area contributed by atoms with Crippen molar-refractivity contribution in [3.05, 3.63) is 35.4 Å². The fraction of sp³-hybridized carbons (Fsp3) is 0.455. The maximum atomic E-state index is 10.1. The van der Waals surface area contributed by atoms with Crippen LogP contribution in [-0.2, 0) is 16.9 Å². The third kappa shape index (κ3) is 1.66. The van der Waals surface area contributed by atoms with Gasteiger partial charge < -0.3 is 15.2 Å². The summed E-state index contributed by atoms with van der Waals surface area (Å²) in [5, 5.41) is 13.1. The molecule has 0 saturated carbocycles. The van der Waals surface area contributed by atoms with Crippen LogP contribution in [0.25, 0.3) is 0 Å². The first-order chi connectivity index (χ1) is 6.74. The summed E-state index contributed by atoms with van der Waals surface area (Å²) < 4.78 is 5.05. The molecule has 1 heterocycles. The second-order valence-corrected chi connectivity index (χ2v) is 3.77. The van der Waals surface area contributed by atoms with Gasteiger partial charge in [-0.25, -0.2) is 0 Å². The van der Waals surface area contributed by atoms with Gasteiger partial charge in [0.2, 0.25) is 0 Å². The van der Waals surface area contributed by atoms with Gasteiger partial charge in [-0.2, -0.15) is 0 Å². The summed E-state index contributed by atoms with van der Waals surface area (Å²) in [5.74, 6) is 0. The molecule has 0 atom stereocenters. The zero-order valence-electron chi connectivity index (χ0n) is 8.29. The minimum atomic E-state index is -0.663. The fourth-order valence-corrected chi connectivity index (χ4v) is 1.68. The van der Waals surface area contributed by atoms with E-state index in [1.807, 2.05) is 24.3 Å². The normalized spacial score (nSPS) is 19.0. The van der Waals surface area contributed by atoms with Crippen molar-refractivity contribution in [3.63, 3.8) is 0 Å². The van der Waals surface area contributed by atoms with Gasteiger partial charge in [-0.15, -0.1) is 0 Å². The fourth-order valence-electron chi connectivity index (χ4n) is 1.68. The number of hydrogen-bond acceptors (Lipinski definition) is 3. The van der Waals surface area contributed by atoms with E-state index in [0.717, 1.165) is 11.1 Å². The highest BCUT2D eigenvalue weighted by Gasteiger charge is 2.35. The summed E-state index contributed by atoms with van der Waals surface area (Å²) in [6, 6.07) is 7.92. The topological polar surface area (TPSA) is 41.5 Å². The Labute approximate surface area is 83.7 Å². The molecule has 2 rings (SSSR count). The molecule has 1 saturated heterocycles. The summed E-state index contributed by atoms with van der Waals surface area (Å²) in [6.07, 6.45) is 0. The highest BCUT2D eigenvalue weighted by Crippen LogP contribution is 2.25. The van der Waals surface area contributed by atoms with Crippen LogP contribution in [-0.4, -0.2) is 25.3 Å². The maximum Gasteiger partial charge on any atom is 0.114 e. The van der Waals surface area contributed by atoms with Gasteiger partial charge in [-0.3, -0.25) is 0 Å². The van der Waals surface area contributed by atoms with E-state index in [-0.39, 0.29) is 0 Å². The molecule has 0 bridgehead atoms. The number of nitrogens with one attached hydrogen (secondary N) is 1. The zero-order chi connectivity index (χ0) is 10.0. The van der Waals surface area contributed by atoms with Gasteiger partial charge in [-0.1, -0.05) is 24.3 Å². The van der Waals surface area contributed by atoms with Crippen LogP contribution in [0.3, 0.4) is 0 Å². The maximum absolute atomic E-state index is 10.1. The highest BCUT2D eigenvalue weighted by molar-refractivity contribution is 5.30. The molecular weight excluding hydrogens is 178 g/mol. The molecule has 1 fully saturated rings. The lowest BCUT2D eigenvalue weighted by Gasteiger charge is -2.38. The van der Waals surface area contributed by atoms with Crippen molar-refractivity contribution in [1.82, 2.24) is 5.32 Å². The molecule has 0 aromatic heterocycles. The monoisotopic (exact) mass is 193 g/mol. The molecule has 14 heavy (non-hydrogen) atoms. The SMILES string of the molecule is COCc1cccc(C2(O)CNC2)c1. The molecule has 1 aliphatic heterocycles. The Hall–Kier alpha value is -0.900. The first kappa shape index (κ1) is 9.65. The zero-order valence-corrected chi connectivity index (χ0v) is 8.29. The molecule has 3 heteroatoms. The van der Waals surface area contributed by atoms with Crippen LogP contribution in [0.1, 0.15) is 11.1 Å². The van der Waals surface area contributed by atoms with Crippen molar-refractivity contribution < 1.29 is 9.84 Å². The Kier molecular flexibility index (Phi) is 2.54. The minimum absolute atomic E-state index is 0.595. The van der Waals surface area contributed by atoms with E-state index in [1.165, 1.54) is 0 Å². The number of β-amino-alcohol motifs (C(OH)–C–C–N with tert-alkyl or cyclic N) is 1. The predicted molar refractivity (Wildman–Crippen MR) is 53.9 cm³/mol. The third-order valence-electron chi connectivity index (χ3n) is 2.61. The van der Waals surface area contributed by atoms with Crippen molar-refractivity contribution in [3.8, 4) is 0 Å². The van der Waals surface area contributed by atoms with Crippen LogP contribution in [0.2, 0.25) is 0 Å². The Bertz CT molecular complexity index is 321. The molecule has 0 radical (unpaired) electrons.